The predicted octanol–water partition coefficient (Wildman–Crippen LogP) is 7.29. The number of benzene rings is 2. The van der Waals surface area contributed by atoms with Gasteiger partial charge in [-0.1, -0.05) is 49.7 Å². The van der Waals surface area contributed by atoms with Gasteiger partial charge in [0.1, 0.15) is 34.1 Å². The molecule has 190 valence electrons. The first kappa shape index (κ1) is 25.8. The van der Waals surface area contributed by atoms with Gasteiger partial charge in [0.15, 0.2) is 0 Å². The number of aromatic nitrogens is 1. The van der Waals surface area contributed by atoms with Gasteiger partial charge in [0, 0.05) is 36.6 Å². The van der Waals surface area contributed by atoms with E-state index in [0.717, 1.165) is 24.3 Å². The van der Waals surface area contributed by atoms with Gasteiger partial charge < -0.3 is 19.5 Å². The Labute approximate surface area is 217 Å². The van der Waals surface area contributed by atoms with Crippen molar-refractivity contribution in [3.63, 3.8) is 0 Å². The highest BCUT2D eigenvalue weighted by molar-refractivity contribution is 6.29. The topological polar surface area (TPSA) is 69.7 Å². The molecule has 7 heteroatoms. The van der Waals surface area contributed by atoms with Crippen LogP contribution in [-0.2, 0) is 10.2 Å². The van der Waals surface area contributed by atoms with Gasteiger partial charge in [-0.2, -0.15) is 0 Å². The molecule has 6 nitrogen and oxygen atoms in total. The van der Waals surface area contributed by atoms with Crippen molar-refractivity contribution in [1.29, 1.82) is 0 Å². The third kappa shape index (κ3) is 6.70. The molecule has 0 spiro atoms. The van der Waals surface area contributed by atoms with Gasteiger partial charge in [-0.05, 0) is 62.2 Å². The van der Waals surface area contributed by atoms with E-state index in [2.05, 4.69) is 48.4 Å². The van der Waals surface area contributed by atoms with Crippen molar-refractivity contribution in [1.82, 2.24) is 10.3 Å². The Kier molecular flexibility index (Phi) is 7.46. The maximum atomic E-state index is 11.9. The lowest BCUT2D eigenvalue weighted by Crippen LogP contribution is -2.50. The van der Waals surface area contributed by atoms with Crippen LogP contribution in [0.2, 0.25) is 5.15 Å². The van der Waals surface area contributed by atoms with Gasteiger partial charge in [-0.25, -0.2) is 9.78 Å². The van der Waals surface area contributed by atoms with Crippen molar-refractivity contribution >= 4 is 17.7 Å². The first-order valence-electron chi connectivity index (χ1n) is 12.1. The number of ether oxygens (including phenoxy) is 3. The number of hydrogen-bond acceptors (Lipinski definition) is 5. The number of pyridine rings is 1. The van der Waals surface area contributed by atoms with Gasteiger partial charge in [0.2, 0.25) is 0 Å². The smallest absolute Gasteiger partial charge is 0.407 e. The molecule has 1 amide bonds. The monoisotopic (exact) mass is 508 g/mol. The SMILES string of the molecule is CC(C)(C)OC(=O)NC1CC(Oc2ccc(C(C)(C)c3ccc(Oc4ccnc(Cl)c4)cc3)cc2)C1. The fourth-order valence-corrected chi connectivity index (χ4v) is 4.25. The Morgan fingerprint density at radius 3 is 2.03 bits per heavy atom. The number of alkyl carbamates (subject to hydrolysis) is 1. The van der Waals surface area contributed by atoms with Crippen LogP contribution in [0.1, 0.15) is 58.6 Å². The molecule has 0 bridgehead atoms. The maximum Gasteiger partial charge on any atom is 0.407 e. The van der Waals surface area contributed by atoms with Gasteiger partial charge in [0.25, 0.3) is 0 Å². The molecule has 1 heterocycles. The largest absolute Gasteiger partial charge is 0.490 e. The second-order valence-corrected chi connectivity index (χ2v) is 11.0. The van der Waals surface area contributed by atoms with Crippen LogP contribution in [-0.4, -0.2) is 28.8 Å². The fourth-order valence-electron chi connectivity index (χ4n) is 4.09. The van der Waals surface area contributed by atoms with Gasteiger partial charge in [-0.3, -0.25) is 0 Å². The summed E-state index contributed by atoms with van der Waals surface area (Å²) in [6.07, 6.45) is 2.87. The van der Waals surface area contributed by atoms with E-state index in [0.29, 0.717) is 10.9 Å². The molecular formula is C29H33ClN2O4. The summed E-state index contributed by atoms with van der Waals surface area (Å²) in [6.45, 7) is 9.96. The van der Waals surface area contributed by atoms with E-state index < -0.39 is 5.60 Å². The molecule has 4 rings (SSSR count). The van der Waals surface area contributed by atoms with Crippen LogP contribution in [0.4, 0.5) is 4.79 Å². The lowest BCUT2D eigenvalue weighted by atomic mass is 9.78. The summed E-state index contributed by atoms with van der Waals surface area (Å²) in [5.41, 5.74) is 1.66. The van der Waals surface area contributed by atoms with Crippen LogP contribution in [0.3, 0.4) is 0 Å². The molecular weight excluding hydrogens is 476 g/mol. The van der Waals surface area contributed by atoms with Crippen LogP contribution < -0.4 is 14.8 Å². The summed E-state index contributed by atoms with van der Waals surface area (Å²) in [7, 11) is 0. The van der Waals surface area contributed by atoms with Crippen molar-refractivity contribution in [3.8, 4) is 17.2 Å². The number of nitrogens with one attached hydrogen (secondary N) is 1. The lowest BCUT2D eigenvalue weighted by Gasteiger charge is -2.36. The summed E-state index contributed by atoms with van der Waals surface area (Å²) in [5.74, 6) is 2.21. The second kappa shape index (κ2) is 10.4. The zero-order valence-electron chi connectivity index (χ0n) is 21.4. The first-order valence-corrected chi connectivity index (χ1v) is 12.5. The number of carbonyl (C=O) groups excluding carboxylic acids is 1. The molecule has 1 aromatic heterocycles. The molecule has 0 unspecified atom stereocenters. The Morgan fingerprint density at radius 1 is 0.889 bits per heavy atom. The number of halogens is 1. The van der Waals surface area contributed by atoms with Crippen LogP contribution in [0, 0.1) is 0 Å². The van der Waals surface area contributed by atoms with Crippen LogP contribution >= 0.6 is 11.6 Å². The molecule has 0 aliphatic heterocycles. The average molecular weight is 509 g/mol. The highest BCUT2D eigenvalue weighted by Gasteiger charge is 2.33. The fraction of sp³-hybridized carbons (Fsp3) is 0.379. The highest BCUT2D eigenvalue weighted by Crippen LogP contribution is 2.35. The van der Waals surface area contributed by atoms with Crippen molar-refractivity contribution in [2.45, 2.75) is 70.6 Å². The minimum atomic E-state index is -0.496. The van der Waals surface area contributed by atoms with Crippen molar-refractivity contribution < 1.29 is 19.0 Å². The zero-order valence-corrected chi connectivity index (χ0v) is 22.1. The van der Waals surface area contributed by atoms with E-state index in [1.807, 2.05) is 45.0 Å². The summed E-state index contributed by atoms with van der Waals surface area (Å²) >= 11 is 5.94. The van der Waals surface area contributed by atoms with Gasteiger partial charge >= 0.3 is 6.09 Å². The zero-order chi connectivity index (χ0) is 25.9. The molecule has 0 radical (unpaired) electrons. The predicted molar refractivity (Wildman–Crippen MR) is 141 cm³/mol. The third-order valence-electron chi connectivity index (χ3n) is 6.20. The van der Waals surface area contributed by atoms with E-state index in [4.69, 9.17) is 25.8 Å². The van der Waals surface area contributed by atoms with E-state index in [1.54, 1.807) is 18.3 Å². The van der Waals surface area contributed by atoms with Crippen LogP contribution in [0.25, 0.3) is 0 Å². The third-order valence-corrected chi connectivity index (χ3v) is 6.41. The molecule has 1 aliphatic rings. The maximum absolute atomic E-state index is 11.9. The Bertz CT molecular complexity index is 1180. The van der Waals surface area contributed by atoms with Crippen molar-refractivity contribution in [2.24, 2.45) is 0 Å². The molecule has 36 heavy (non-hydrogen) atoms. The summed E-state index contributed by atoms with van der Waals surface area (Å²) in [6, 6.07) is 19.9. The quantitative estimate of drug-likeness (QED) is 0.339. The van der Waals surface area contributed by atoms with E-state index >= 15 is 0 Å². The molecule has 1 fully saturated rings. The molecule has 2 aromatic carbocycles. The standard InChI is InChI=1S/C29H33ClN2O4/c1-28(2,3)36-27(33)32-21-16-25(17-21)35-23-12-8-20(9-13-23)29(4,5)19-6-10-22(11-7-19)34-24-14-15-31-26(30)18-24/h6-15,18,21,25H,16-17H2,1-5H3,(H,32,33). The number of nitrogens with zero attached hydrogens (tertiary/aromatic N) is 1. The van der Waals surface area contributed by atoms with Gasteiger partial charge in [-0.15, -0.1) is 0 Å². The lowest BCUT2D eigenvalue weighted by molar-refractivity contribution is 0.0363. The van der Waals surface area contributed by atoms with Crippen LogP contribution in [0.15, 0.2) is 66.9 Å². The number of carbonyl (C=O) groups is 1. The summed E-state index contributed by atoms with van der Waals surface area (Å²) in [4.78, 5) is 15.9. The van der Waals surface area contributed by atoms with E-state index in [-0.39, 0.29) is 23.7 Å². The summed E-state index contributed by atoms with van der Waals surface area (Å²) in [5, 5.41) is 3.29. The second-order valence-electron chi connectivity index (χ2n) is 10.6. The highest BCUT2D eigenvalue weighted by atomic mass is 35.5. The average Bonchev–Trinajstić information content (AvgIpc) is 2.77. The number of hydrogen-bond donors (Lipinski definition) is 1. The minimum absolute atomic E-state index is 0.0885. The molecule has 1 saturated carbocycles. The number of rotatable bonds is 7. The molecule has 0 atom stereocenters. The van der Waals surface area contributed by atoms with Crippen LogP contribution in [0.5, 0.6) is 17.2 Å². The molecule has 1 N–H and O–H groups in total. The van der Waals surface area contributed by atoms with E-state index in [1.165, 1.54) is 11.1 Å². The molecule has 0 saturated heterocycles. The van der Waals surface area contributed by atoms with Gasteiger partial charge in [0.05, 0.1) is 0 Å². The first-order chi connectivity index (χ1) is 17.0. The summed E-state index contributed by atoms with van der Waals surface area (Å²) < 4.78 is 17.3. The molecule has 1 aliphatic carbocycles. The van der Waals surface area contributed by atoms with Crippen molar-refractivity contribution in [3.05, 3.63) is 83.1 Å². The minimum Gasteiger partial charge on any atom is -0.490 e. The Morgan fingerprint density at radius 2 is 1.47 bits per heavy atom. The Hall–Kier alpha value is -3.25. The van der Waals surface area contributed by atoms with E-state index in [9.17, 15) is 4.79 Å². The van der Waals surface area contributed by atoms with Crippen molar-refractivity contribution in [2.75, 3.05) is 0 Å². The Balaban J connectivity index is 1.30. The molecule has 3 aromatic rings. The number of amides is 1. The normalized spacial score (nSPS) is 17.6.